The molecule has 0 spiro atoms. The fourth-order valence-corrected chi connectivity index (χ4v) is 2.66. The molecule has 0 saturated heterocycles. The van der Waals surface area contributed by atoms with E-state index in [1.54, 1.807) is 30.3 Å². The second-order valence-corrected chi connectivity index (χ2v) is 5.52. The first-order chi connectivity index (χ1) is 13.1. The lowest BCUT2D eigenvalue weighted by atomic mass is 10.0. The van der Waals surface area contributed by atoms with Crippen molar-refractivity contribution >= 4 is 11.9 Å². The summed E-state index contributed by atoms with van der Waals surface area (Å²) in [6.45, 7) is 0.108. The van der Waals surface area contributed by atoms with Crippen LogP contribution in [0.4, 0.5) is 0 Å². The molecule has 0 aliphatic carbocycles. The van der Waals surface area contributed by atoms with Gasteiger partial charge in [-0.3, -0.25) is 4.79 Å². The number of ketones is 1. The van der Waals surface area contributed by atoms with E-state index in [4.69, 9.17) is 23.7 Å². The van der Waals surface area contributed by atoms with Crippen LogP contribution in [0.15, 0.2) is 35.9 Å². The van der Waals surface area contributed by atoms with Crippen molar-refractivity contribution in [3.8, 4) is 34.8 Å². The van der Waals surface area contributed by atoms with Gasteiger partial charge in [-0.05, 0) is 30.3 Å². The first kappa shape index (κ1) is 18.1. The third-order valence-corrected chi connectivity index (χ3v) is 4.04. The molecule has 138 valence electrons. The number of hydrogen-bond donors (Lipinski definition) is 0. The summed E-state index contributed by atoms with van der Waals surface area (Å²) in [6.07, 6.45) is 1.45. The molecular formula is C20H17NO6. The van der Waals surface area contributed by atoms with Crippen LogP contribution >= 0.6 is 0 Å². The van der Waals surface area contributed by atoms with Gasteiger partial charge in [0.15, 0.2) is 23.0 Å². The molecule has 0 saturated carbocycles. The summed E-state index contributed by atoms with van der Waals surface area (Å²) in [7, 11) is 4.50. The number of methoxy groups -OCH3 is 3. The highest BCUT2D eigenvalue weighted by molar-refractivity contribution is 6.14. The van der Waals surface area contributed by atoms with E-state index in [1.807, 2.05) is 6.07 Å². The highest BCUT2D eigenvalue weighted by Crippen LogP contribution is 2.36. The van der Waals surface area contributed by atoms with Crippen LogP contribution in [-0.4, -0.2) is 33.9 Å². The number of allylic oxidation sites excluding steroid dienone is 1. The molecule has 0 N–H and O–H groups in total. The summed E-state index contributed by atoms with van der Waals surface area (Å²) in [5, 5.41) is 9.51. The number of hydrogen-bond acceptors (Lipinski definition) is 7. The summed E-state index contributed by atoms with van der Waals surface area (Å²) >= 11 is 0. The van der Waals surface area contributed by atoms with Gasteiger partial charge in [0.05, 0.1) is 21.3 Å². The molecule has 27 heavy (non-hydrogen) atoms. The number of ether oxygens (including phenoxy) is 5. The molecule has 7 heteroatoms. The maximum absolute atomic E-state index is 12.8. The van der Waals surface area contributed by atoms with Gasteiger partial charge in [0, 0.05) is 17.2 Å². The Morgan fingerprint density at radius 3 is 2.33 bits per heavy atom. The summed E-state index contributed by atoms with van der Waals surface area (Å²) in [5.74, 6) is 1.98. The minimum atomic E-state index is -0.437. The lowest BCUT2D eigenvalue weighted by Gasteiger charge is -2.12. The Labute approximate surface area is 156 Å². The van der Waals surface area contributed by atoms with Crippen LogP contribution in [0.1, 0.15) is 15.9 Å². The van der Waals surface area contributed by atoms with Crippen LogP contribution in [0.25, 0.3) is 6.08 Å². The zero-order valence-corrected chi connectivity index (χ0v) is 15.1. The molecular weight excluding hydrogens is 350 g/mol. The number of nitrogens with zero attached hydrogens (tertiary/aromatic N) is 1. The largest absolute Gasteiger partial charge is 0.496 e. The molecule has 0 amide bonds. The van der Waals surface area contributed by atoms with Gasteiger partial charge in [0.1, 0.15) is 17.4 Å². The maximum Gasteiger partial charge on any atom is 0.231 e. The molecule has 0 atom stereocenters. The third kappa shape index (κ3) is 3.51. The van der Waals surface area contributed by atoms with Crippen molar-refractivity contribution in [3.05, 3.63) is 47.0 Å². The van der Waals surface area contributed by atoms with Crippen molar-refractivity contribution in [1.82, 2.24) is 0 Å². The van der Waals surface area contributed by atoms with Crippen molar-refractivity contribution in [2.24, 2.45) is 0 Å². The van der Waals surface area contributed by atoms with Crippen LogP contribution in [0.3, 0.4) is 0 Å². The van der Waals surface area contributed by atoms with Crippen LogP contribution in [0.2, 0.25) is 0 Å². The van der Waals surface area contributed by atoms with Gasteiger partial charge in [-0.1, -0.05) is 0 Å². The third-order valence-electron chi connectivity index (χ3n) is 4.04. The van der Waals surface area contributed by atoms with E-state index in [0.717, 1.165) is 0 Å². The van der Waals surface area contributed by atoms with Crippen molar-refractivity contribution in [2.45, 2.75) is 0 Å². The number of carbonyl (C=O) groups excluding carboxylic acids is 1. The van der Waals surface area contributed by atoms with Gasteiger partial charge >= 0.3 is 0 Å². The van der Waals surface area contributed by atoms with Gasteiger partial charge in [0.2, 0.25) is 12.6 Å². The highest BCUT2D eigenvalue weighted by Gasteiger charge is 2.19. The molecule has 7 nitrogen and oxygen atoms in total. The van der Waals surface area contributed by atoms with Gasteiger partial charge in [0.25, 0.3) is 0 Å². The average molecular weight is 367 g/mol. The Balaban J connectivity index is 2.01. The zero-order valence-electron chi connectivity index (χ0n) is 15.1. The van der Waals surface area contributed by atoms with E-state index < -0.39 is 5.78 Å². The van der Waals surface area contributed by atoms with Gasteiger partial charge < -0.3 is 23.7 Å². The summed E-state index contributed by atoms with van der Waals surface area (Å²) in [5.41, 5.74) is 0.784. The van der Waals surface area contributed by atoms with Gasteiger partial charge in [-0.15, -0.1) is 0 Å². The Morgan fingerprint density at radius 1 is 1.00 bits per heavy atom. The van der Waals surface area contributed by atoms with E-state index in [2.05, 4.69) is 0 Å². The average Bonchev–Trinajstić information content (AvgIpc) is 3.18. The smallest absolute Gasteiger partial charge is 0.231 e. The standard InChI is InChI=1S/C20H17NO6/c1-23-16-9-18(25-3)17(24-2)8-13(16)6-14(10-21)20(22)12-4-5-15-19(7-12)27-11-26-15/h4-9H,11H2,1-3H3/b14-6-. The molecule has 2 aromatic rings. The van der Waals surface area contributed by atoms with E-state index in [-0.39, 0.29) is 12.4 Å². The highest BCUT2D eigenvalue weighted by atomic mass is 16.7. The number of rotatable bonds is 6. The number of benzene rings is 2. The summed E-state index contributed by atoms with van der Waals surface area (Å²) in [6, 6.07) is 10.0. The van der Waals surface area contributed by atoms with Crippen molar-refractivity contribution < 1.29 is 28.5 Å². The van der Waals surface area contributed by atoms with Crippen LogP contribution in [0, 0.1) is 11.3 Å². The zero-order chi connectivity index (χ0) is 19.4. The van der Waals surface area contributed by atoms with Gasteiger partial charge in [-0.25, -0.2) is 0 Å². The Bertz CT molecular complexity index is 958. The summed E-state index contributed by atoms with van der Waals surface area (Å²) < 4.78 is 26.4. The molecule has 1 aliphatic rings. The molecule has 0 radical (unpaired) electrons. The number of fused-ring (bicyclic) bond motifs is 1. The van der Waals surface area contributed by atoms with E-state index in [9.17, 15) is 10.1 Å². The van der Waals surface area contributed by atoms with Crippen molar-refractivity contribution in [1.29, 1.82) is 5.26 Å². The second kappa shape index (κ2) is 7.70. The lowest BCUT2D eigenvalue weighted by Crippen LogP contribution is -2.02. The Hall–Kier alpha value is -3.66. The fourth-order valence-electron chi connectivity index (χ4n) is 2.66. The van der Waals surface area contributed by atoms with Crippen LogP contribution in [0.5, 0.6) is 28.7 Å². The quantitative estimate of drug-likeness (QED) is 0.440. The van der Waals surface area contributed by atoms with E-state index in [1.165, 1.54) is 27.4 Å². The number of Topliss-reactive ketones (excluding diaryl/α,β-unsaturated/α-hetero) is 1. The minimum Gasteiger partial charge on any atom is -0.496 e. The second-order valence-electron chi connectivity index (χ2n) is 5.52. The summed E-state index contributed by atoms with van der Waals surface area (Å²) in [4.78, 5) is 12.8. The molecule has 3 rings (SSSR count). The molecule has 0 bridgehead atoms. The molecule has 1 aliphatic heterocycles. The first-order valence-corrected chi connectivity index (χ1v) is 7.97. The van der Waals surface area contributed by atoms with Crippen LogP contribution in [-0.2, 0) is 0 Å². The molecule has 0 unspecified atom stereocenters. The predicted molar refractivity (Wildman–Crippen MR) is 96.6 cm³/mol. The molecule has 0 aromatic heterocycles. The number of nitriles is 1. The topological polar surface area (TPSA) is 87.0 Å². The minimum absolute atomic E-state index is 0.0561. The van der Waals surface area contributed by atoms with Crippen molar-refractivity contribution in [2.75, 3.05) is 28.1 Å². The first-order valence-electron chi connectivity index (χ1n) is 7.97. The van der Waals surface area contributed by atoms with Crippen molar-refractivity contribution in [3.63, 3.8) is 0 Å². The normalized spacial score (nSPS) is 12.3. The fraction of sp³-hybridized carbons (Fsp3) is 0.200. The van der Waals surface area contributed by atoms with Crippen LogP contribution < -0.4 is 23.7 Å². The molecule has 1 heterocycles. The van der Waals surface area contributed by atoms with Gasteiger partial charge in [-0.2, -0.15) is 5.26 Å². The Kier molecular flexibility index (Phi) is 5.18. The molecule has 2 aromatic carbocycles. The van der Waals surface area contributed by atoms with E-state index >= 15 is 0 Å². The Morgan fingerprint density at radius 2 is 1.67 bits per heavy atom. The molecule has 0 fully saturated rings. The number of carbonyl (C=O) groups is 1. The maximum atomic E-state index is 12.8. The van der Waals surface area contributed by atoms with E-state index in [0.29, 0.717) is 39.9 Å². The SMILES string of the molecule is COc1cc(OC)c(OC)cc1/C=C(/C#N)C(=O)c1ccc2c(c1)OCO2. The lowest BCUT2D eigenvalue weighted by molar-refractivity contribution is 0.103. The monoisotopic (exact) mass is 367 g/mol. The predicted octanol–water partition coefficient (Wildman–Crippen LogP) is 3.23.